The maximum atomic E-state index is 11.7. The molecule has 16 heavy (non-hydrogen) atoms. The average Bonchev–Trinajstić information content (AvgIpc) is 2.81. The van der Waals surface area contributed by atoms with E-state index < -0.39 is 0 Å². The summed E-state index contributed by atoms with van der Waals surface area (Å²) < 4.78 is 0. The monoisotopic (exact) mass is 224 g/mol. The summed E-state index contributed by atoms with van der Waals surface area (Å²) in [5.41, 5.74) is 0. The fraction of sp³-hybridized carbons (Fsp3) is 0.923. The predicted molar refractivity (Wildman–Crippen MR) is 65.2 cm³/mol. The van der Waals surface area contributed by atoms with Gasteiger partial charge in [0.15, 0.2) is 0 Å². The van der Waals surface area contributed by atoms with Crippen LogP contribution in [0.2, 0.25) is 0 Å². The van der Waals surface area contributed by atoms with Crippen LogP contribution in [0.4, 0.5) is 0 Å². The van der Waals surface area contributed by atoms with Crippen LogP contribution in [0.3, 0.4) is 0 Å². The number of carbonyl (C=O) groups is 1. The fourth-order valence-electron chi connectivity index (χ4n) is 2.91. The molecule has 3 nitrogen and oxygen atoms in total. The number of carbonyl (C=O) groups excluding carboxylic acids is 1. The molecular formula is C13H24N2O. The SMILES string of the molecule is O=C(CCC1CCCC1)N[C@H]1CCCNC1. The normalized spacial score (nSPS) is 26.9. The molecule has 2 rings (SSSR count). The zero-order chi connectivity index (χ0) is 11.2. The maximum absolute atomic E-state index is 11.7. The standard InChI is InChI=1S/C13H24N2O/c16-13(8-7-11-4-1-2-5-11)15-12-6-3-9-14-10-12/h11-12,14H,1-10H2,(H,15,16)/t12-/m0/s1. The molecule has 0 bridgehead atoms. The van der Waals surface area contributed by atoms with Gasteiger partial charge in [-0.2, -0.15) is 0 Å². The van der Waals surface area contributed by atoms with Crippen molar-refractivity contribution in [3.8, 4) is 0 Å². The molecular weight excluding hydrogens is 200 g/mol. The largest absolute Gasteiger partial charge is 0.352 e. The lowest BCUT2D eigenvalue weighted by Crippen LogP contribution is -2.45. The van der Waals surface area contributed by atoms with E-state index in [0.29, 0.717) is 6.04 Å². The molecule has 1 aliphatic carbocycles. The van der Waals surface area contributed by atoms with E-state index in [-0.39, 0.29) is 5.91 Å². The molecule has 3 heteroatoms. The molecule has 0 aromatic carbocycles. The topological polar surface area (TPSA) is 41.1 Å². The molecule has 1 atom stereocenters. The first-order valence-corrected chi connectivity index (χ1v) is 6.84. The Labute approximate surface area is 98.4 Å². The van der Waals surface area contributed by atoms with Crippen molar-refractivity contribution in [3.63, 3.8) is 0 Å². The second kappa shape index (κ2) is 6.24. The molecule has 0 aromatic heterocycles. The van der Waals surface area contributed by atoms with Crippen molar-refractivity contribution in [1.29, 1.82) is 0 Å². The number of hydrogen-bond donors (Lipinski definition) is 2. The van der Waals surface area contributed by atoms with E-state index in [1.165, 1.54) is 32.1 Å². The molecule has 1 amide bonds. The summed E-state index contributed by atoms with van der Waals surface area (Å²) in [6.45, 7) is 2.06. The van der Waals surface area contributed by atoms with Crippen LogP contribution in [0, 0.1) is 5.92 Å². The van der Waals surface area contributed by atoms with Gasteiger partial charge in [-0.25, -0.2) is 0 Å². The minimum atomic E-state index is 0.264. The van der Waals surface area contributed by atoms with Gasteiger partial charge in [-0.1, -0.05) is 25.7 Å². The molecule has 1 aliphatic heterocycles. The van der Waals surface area contributed by atoms with Gasteiger partial charge in [0.1, 0.15) is 0 Å². The van der Waals surface area contributed by atoms with Gasteiger partial charge in [-0.15, -0.1) is 0 Å². The van der Waals surface area contributed by atoms with Crippen molar-refractivity contribution in [1.82, 2.24) is 10.6 Å². The quantitative estimate of drug-likeness (QED) is 0.765. The van der Waals surface area contributed by atoms with E-state index in [1.54, 1.807) is 0 Å². The molecule has 1 heterocycles. The first kappa shape index (κ1) is 11.9. The van der Waals surface area contributed by atoms with Gasteiger partial charge >= 0.3 is 0 Å². The maximum Gasteiger partial charge on any atom is 0.220 e. The summed E-state index contributed by atoms with van der Waals surface area (Å²) in [5, 5.41) is 6.46. The van der Waals surface area contributed by atoms with Crippen LogP contribution in [0.15, 0.2) is 0 Å². The van der Waals surface area contributed by atoms with Crippen LogP contribution in [-0.4, -0.2) is 25.0 Å². The number of rotatable bonds is 4. The lowest BCUT2D eigenvalue weighted by atomic mass is 10.0. The zero-order valence-corrected chi connectivity index (χ0v) is 10.1. The fourth-order valence-corrected chi connectivity index (χ4v) is 2.91. The van der Waals surface area contributed by atoms with E-state index >= 15 is 0 Å². The van der Waals surface area contributed by atoms with Gasteiger partial charge in [0.05, 0.1) is 0 Å². The highest BCUT2D eigenvalue weighted by molar-refractivity contribution is 5.76. The van der Waals surface area contributed by atoms with Crippen molar-refractivity contribution in [2.75, 3.05) is 13.1 Å². The van der Waals surface area contributed by atoms with E-state index in [9.17, 15) is 4.79 Å². The summed E-state index contributed by atoms with van der Waals surface area (Å²) in [5.74, 6) is 1.09. The van der Waals surface area contributed by atoms with Gasteiger partial charge in [-0.05, 0) is 31.7 Å². The molecule has 92 valence electrons. The third-order valence-electron chi connectivity index (χ3n) is 3.92. The van der Waals surface area contributed by atoms with E-state index in [0.717, 1.165) is 38.3 Å². The summed E-state index contributed by atoms with van der Waals surface area (Å²) in [6.07, 6.45) is 9.61. The molecule has 2 aliphatic rings. The van der Waals surface area contributed by atoms with E-state index in [2.05, 4.69) is 10.6 Å². The van der Waals surface area contributed by atoms with Crippen LogP contribution < -0.4 is 10.6 Å². The van der Waals surface area contributed by atoms with E-state index in [4.69, 9.17) is 0 Å². The molecule has 0 aromatic rings. The Morgan fingerprint density at radius 1 is 1.19 bits per heavy atom. The Hall–Kier alpha value is -0.570. The molecule has 0 unspecified atom stereocenters. The smallest absolute Gasteiger partial charge is 0.220 e. The van der Waals surface area contributed by atoms with Crippen LogP contribution in [0.25, 0.3) is 0 Å². The van der Waals surface area contributed by atoms with Gasteiger partial charge < -0.3 is 10.6 Å². The molecule has 0 spiro atoms. The molecule has 0 radical (unpaired) electrons. The van der Waals surface area contributed by atoms with Crippen LogP contribution in [-0.2, 0) is 4.79 Å². The number of hydrogen-bond acceptors (Lipinski definition) is 2. The van der Waals surface area contributed by atoms with Crippen molar-refractivity contribution in [2.24, 2.45) is 5.92 Å². The molecule has 2 N–H and O–H groups in total. The Morgan fingerprint density at radius 3 is 2.69 bits per heavy atom. The summed E-state index contributed by atoms with van der Waals surface area (Å²) in [6, 6.07) is 0.379. The Morgan fingerprint density at radius 2 is 2.00 bits per heavy atom. The second-order valence-corrected chi connectivity index (χ2v) is 5.30. The molecule has 1 saturated heterocycles. The lowest BCUT2D eigenvalue weighted by Gasteiger charge is -2.24. The average molecular weight is 224 g/mol. The second-order valence-electron chi connectivity index (χ2n) is 5.30. The van der Waals surface area contributed by atoms with Crippen LogP contribution >= 0.6 is 0 Å². The van der Waals surface area contributed by atoms with Gasteiger partial charge in [0, 0.05) is 19.0 Å². The molecule has 1 saturated carbocycles. The van der Waals surface area contributed by atoms with Gasteiger partial charge in [0.2, 0.25) is 5.91 Å². The van der Waals surface area contributed by atoms with Crippen LogP contribution in [0.1, 0.15) is 51.4 Å². The first-order valence-electron chi connectivity index (χ1n) is 6.84. The van der Waals surface area contributed by atoms with Crippen molar-refractivity contribution in [3.05, 3.63) is 0 Å². The predicted octanol–water partition coefficient (Wildman–Crippen LogP) is 1.82. The Bertz CT molecular complexity index is 218. The lowest BCUT2D eigenvalue weighted by molar-refractivity contribution is -0.122. The Balaban J connectivity index is 1.59. The minimum absolute atomic E-state index is 0.264. The van der Waals surface area contributed by atoms with Gasteiger partial charge in [0.25, 0.3) is 0 Å². The zero-order valence-electron chi connectivity index (χ0n) is 10.1. The first-order chi connectivity index (χ1) is 7.84. The van der Waals surface area contributed by atoms with Crippen molar-refractivity contribution < 1.29 is 4.79 Å². The summed E-state index contributed by atoms with van der Waals surface area (Å²) in [7, 11) is 0. The van der Waals surface area contributed by atoms with Gasteiger partial charge in [-0.3, -0.25) is 4.79 Å². The minimum Gasteiger partial charge on any atom is -0.352 e. The molecule has 2 fully saturated rings. The van der Waals surface area contributed by atoms with Crippen molar-refractivity contribution in [2.45, 2.75) is 57.4 Å². The van der Waals surface area contributed by atoms with Crippen molar-refractivity contribution >= 4 is 5.91 Å². The third kappa shape index (κ3) is 3.78. The number of amides is 1. The number of piperidine rings is 1. The van der Waals surface area contributed by atoms with E-state index in [1.807, 2.05) is 0 Å². The van der Waals surface area contributed by atoms with Crippen LogP contribution in [0.5, 0.6) is 0 Å². The highest BCUT2D eigenvalue weighted by Crippen LogP contribution is 2.28. The highest BCUT2D eigenvalue weighted by Gasteiger charge is 2.18. The Kier molecular flexibility index (Phi) is 4.64. The summed E-state index contributed by atoms with van der Waals surface area (Å²) >= 11 is 0. The third-order valence-corrected chi connectivity index (χ3v) is 3.92. The summed E-state index contributed by atoms with van der Waals surface area (Å²) in [4.78, 5) is 11.7. The number of nitrogens with one attached hydrogen (secondary N) is 2. The highest BCUT2D eigenvalue weighted by atomic mass is 16.1.